The summed E-state index contributed by atoms with van der Waals surface area (Å²) in [6.45, 7) is 9.56. The molecule has 1 unspecified atom stereocenters. The predicted molar refractivity (Wildman–Crippen MR) is 169 cm³/mol. The molecule has 2 heterocycles. The molecule has 0 aromatic heterocycles. The predicted octanol–water partition coefficient (Wildman–Crippen LogP) is 8.09. The third-order valence-corrected chi connectivity index (χ3v) is 13.7. The largest absolute Gasteiger partial charge is 0.450 e. The summed E-state index contributed by atoms with van der Waals surface area (Å²) in [5.41, 5.74) is 2.83. The molecule has 2 saturated heterocycles. The smallest absolute Gasteiger partial charge is 0.445 e. The molecule has 2 aliphatic heterocycles. The van der Waals surface area contributed by atoms with Crippen molar-refractivity contribution >= 4 is 17.7 Å². The molecule has 11 atom stereocenters. The van der Waals surface area contributed by atoms with Crippen LogP contribution < -0.4 is 0 Å². The molecule has 0 radical (unpaired) electrons. The molecule has 7 rings (SSSR count). The first-order chi connectivity index (χ1) is 22.2. The summed E-state index contributed by atoms with van der Waals surface area (Å²) in [6, 6.07) is 9.66. The molecule has 256 valence electrons. The maximum Gasteiger partial charge on any atom is 0.450 e. The summed E-state index contributed by atoms with van der Waals surface area (Å²) in [5, 5.41) is 0. The number of hydrogen-bond acceptors (Lipinski definition) is 5. The van der Waals surface area contributed by atoms with Crippen LogP contribution >= 0.6 is 0 Å². The van der Waals surface area contributed by atoms with Crippen LogP contribution in [0.4, 0.5) is 18.0 Å². The van der Waals surface area contributed by atoms with E-state index in [9.17, 15) is 27.6 Å². The Labute approximate surface area is 275 Å². The standard InChI is InChI=1S/C38H48F3NO5/c1-21-14-32-33(42(19-21)35(45)46-20-24-8-6-5-7-9-24)23(3)37(47-32)13-12-26-27-11-10-25-15-31(43)29(34(44)38(39,40)41)18-36(25,4)30(27)16-28(26)22(2)17-37/h5-9,21,23,25-27,29-30,32-33H,10-20H2,1-4H3/t21-,23+,25+,26-,27-,29?,30-,32+,33-,36-,37-/m0/s1. The Morgan fingerprint density at radius 3 is 2.55 bits per heavy atom. The number of alkyl halides is 3. The topological polar surface area (TPSA) is 72.9 Å². The second-order valence-corrected chi connectivity index (χ2v) is 16.2. The van der Waals surface area contributed by atoms with Gasteiger partial charge in [0, 0.05) is 18.9 Å². The number of allylic oxidation sites excluding steroid dienone is 1. The Kier molecular flexibility index (Phi) is 8.20. The van der Waals surface area contributed by atoms with Crippen molar-refractivity contribution in [3.63, 3.8) is 0 Å². The lowest BCUT2D eigenvalue weighted by Crippen LogP contribution is -2.54. The number of fused-ring (bicyclic) bond motifs is 6. The molecule has 9 heteroatoms. The Hall–Kier alpha value is -2.68. The zero-order valence-electron chi connectivity index (χ0n) is 28.0. The first kappa shape index (κ1) is 32.8. The van der Waals surface area contributed by atoms with E-state index in [1.807, 2.05) is 35.2 Å². The highest BCUT2D eigenvalue weighted by Gasteiger charge is 2.63. The monoisotopic (exact) mass is 655 g/mol. The summed E-state index contributed by atoms with van der Waals surface area (Å²) >= 11 is 0. The zero-order valence-corrected chi connectivity index (χ0v) is 28.0. The lowest BCUT2D eigenvalue weighted by atomic mass is 9.50. The molecule has 1 aromatic carbocycles. The van der Waals surface area contributed by atoms with Crippen molar-refractivity contribution in [1.82, 2.24) is 4.90 Å². The average Bonchev–Trinajstić information content (AvgIpc) is 3.49. The summed E-state index contributed by atoms with van der Waals surface area (Å²) in [6.07, 6.45) is 0.843. The number of ketones is 2. The van der Waals surface area contributed by atoms with E-state index < -0.39 is 34.7 Å². The average molecular weight is 656 g/mol. The van der Waals surface area contributed by atoms with Gasteiger partial charge in [-0.25, -0.2) is 4.79 Å². The molecule has 6 nitrogen and oxygen atoms in total. The lowest BCUT2D eigenvalue weighted by Gasteiger charge is -2.53. The zero-order chi connectivity index (χ0) is 33.5. The van der Waals surface area contributed by atoms with Crippen molar-refractivity contribution in [3.05, 3.63) is 47.0 Å². The number of benzene rings is 1. The van der Waals surface area contributed by atoms with E-state index in [4.69, 9.17) is 9.47 Å². The Bertz CT molecular complexity index is 1460. The molecule has 4 aliphatic carbocycles. The van der Waals surface area contributed by atoms with Gasteiger partial charge in [-0.3, -0.25) is 9.59 Å². The van der Waals surface area contributed by atoms with Gasteiger partial charge in [-0.1, -0.05) is 62.2 Å². The van der Waals surface area contributed by atoms with Gasteiger partial charge in [-0.05, 0) is 98.9 Å². The fraction of sp³-hybridized carbons (Fsp3) is 0.711. The minimum atomic E-state index is -4.99. The Morgan fingerprint density at radius 1 is 1.09 bits per heavy atom. The van der Waals surface area contributed by atoms with Crippen LogP contribution in [0, 0.1) is 46.8 Å². The van der Waals surface area contributed by atoms with Crippen LogP contribution in [0.15, 0.2) is 41.5 Å². The van der Waals surface area contributed by atoms with E-state index in [0.29, 0.717) is 24.3 Å². The third-order valence-electron chi connectivity index (χ3n) is 13.7. The molecular weight excluding hydrogens is 607 g/mol. The van der Waals surface area contributed by atoms with E-state index in [1.165, 1.54) is 11.1 Å². The van der Waals surface area contributed by atoms with Crippen molar-refractivity contribution in [3.8, 4) is 0 Å². The van der Waals surface area contributed by atoms with Crippen LogP contribution in [0.2, 0.25) is 0 Å². The fourth-order valence-corrected chi connectivity index (χ4v) is 11.4. The lowest BCUT2D eigenvalue weighted by molar-refractivity contribution is -0.182. The number of ether oxygens (including phenoxy) is 2. The molecule has 1 spiro atoms. The van der Waals surface area contributed by atoms with Crippen LogP contribution in [-0.2, 0) is 25.7 Å². The minimum Gasteiger partial charge on any atom is -0.445 e. The van der Waals surface area contributed by atoms with E-state index >= 15 is 0 Å². The van der Waals surface area contributed by atoms with E-state index in [0.717, 1.165) is 50.5 Å². The van der Waals surface area contributed by atoms with Crippen molar-refractivity contribution in [1.29, 1.82) is 0 Å². The van der Waals surface area contributed by atoms with Gasteiger partial charge in [-0.15, -0.1) is 0 Å². The van der Waals surface area contributed by atoms with Gasteiger partial charge in [0.25, 0.3) is 0 Å². The number of hydrogen-bond donors (Lipinski definition) is 0. The fourth-order valence-electron chi connectivity index (χ4n) is 11.4. The highest BCUT2D eigenvalue weighted by atomic mass is 19.4. The third kappa shape index (κ3) is 5.47. The highest BCUT2D eigenvalue weighted by Crippen LogP contribution is 2.66. The molecular formula is C38H48F3NO5. The van der Waals surface area contributed by atoms with Crippen LogP contribution in [0.25, 0.3) is 0 Å². The van der Waals surface area contributed by atoms with E-state index in [2.05, 4.69) is 27.7 Å². The summed E-state index contributed by atoms with van der Waals surface area (Å²) < 4.78 is 53.4. The second kappa shape index (κ2) is 11.7. The quantitative estimate of drug-likeness (QED) is 0.243. The Balaban J connectivity index is 1.11. The second-order valence-electron chi connectivity index (χ2n) is 16.2. The number of carbonyl (C=O) groups is 3. The number of carbonyl (C=O) groups excluding carboxylic acids is 3. The maximum absolute atomic E-state index is 13.5. The molecule has 1 amide bonds. The number of nitrogens with zero attached hydrogens (tertiary/aromatic N) is 1. The number of piperidine rings is 1. The molecule has 47 heavy (non-hydrogen) atoms. The highest BCUT2D eigenvalue weighted by molar-refractivity contribution is 6.05. The van der Waals surface area contributed by atoms with Gasteiger partial charge in [0.2, 0.25) is 5.78 Å². The SMILES string of the molecule is CC1=C2C[C@H]3[C@@H](CC[C@@H]4CC(=O)C(C(=O)C(F)(F)F)C[C@@]43C)[C@@H]2CC[C@@]2(C1)O[C@@H]1C[C@H](C)CN(C(=O)OCc3ccccc3)[C@H]1[C@H]2C. The van der Waals surface area contributed by atoms with Crippen molar-refractivity contribution in [2.75, 3.05) is 6.54 Å². The van der Waals surface area contributed by atoms with Gasteiger partial charge in [0.15, 0.2) is 0 Å². The maximum atomic E-state index is 13.5. The summed E-state index contributed by atoms with van der Waals surface area (Å²) in [5.74, 6) is -2.71. The van der Waals surface area contributed by atoms with Crippen LogP contribution in [0.3, 0.4) is 0 Å². The van der Waals surface area contributed by atoms with Crippen LogP contribution in [0.5, 0.6) is 0 Å². The van der Waals surface area contributed by atoms with Crippen LogP contribution in [0.1, 0.15) is 91.0 Å². The summed E-state index contributed by atoms with van der Waals surface area (Å²) in [4.78, 5) is 40.6. The van der Waals surface area contributed by atoms with Gasteiger partial charge < -0.3 is 14.4 Å². The van der Waals surface area contributed by atoms with Crippen molar-refractivity contribution < 1.29 is 37.0 Å². The molecule has 5 fully saturated rings. The van der Waals surface area contributed by atoms with Crippen LogP contribution in [-0.4, -0.2) is 53.0 Å². The minimum absolute atomic E-state index is 0.0108. The molecule has 0 bridgehead atoms. The normalized spacial score (nSPS) is 41.6. The first-order valence-corrected chi connectivity index (χ1v) is 17.7. The van der Waals surface area contributed by atoms with Crippen molar-refractivity contribution in [2.24, 2.45) is 46.8 Å². The summed E-state index contributed by atoms with van der Waals surface area (Å²) in [7, 11) is 0. The molecule has 3 saturated carbocycles. The number of Topliss-reactive ketones (excluding diaryl/α,β-unsaturated/α-hetero) is 2. The first-order valence-electron chi connectivity index (χ1n) is 17.7. The number of halogens is 3. The van der Waals surface area contributed by atoms with Crippen molar-refractivity contribution in [2.45, 2.75) is 116 Å². The van der Waals surface area contributed by atoms with Gasteiger partial charge in [0.1, 0.15) is 12.4 Å². The number of likely N-dealkylation sites (tertiary alicyclic amines) is 1. The van der Waals surface area contributed by atoms with Gasteiger partial charge in [-0.2, -0.15) is 13.2 Å². The van der Waals surface area contributed by atoms with E-state index in [1.54, 1.807) is 0 Å². The Morgan fingerprint density at radius 2 is 1.83 bits per heavy atom. The van der Waals surface area contributed by atoms with Gasteiger partial charge >= 0.3 is 12.3 Å². The number of amides is 1. The number of rotatable bonds is 3. The molecule has 0 N–H and O–H groups in total. The molecule has 6 aliphatic rings. The van der Waals surface area contributed by atoms with E-state index in [-0.39, 0.29) is 55.4 Å². The van der Waals surface area contributed by atoms with Gasteiger partial charge in [0.05, 0.1) is 23.7 Å². The molecule has 1 aromatic rings.